The van der Waals surface area contributed by atoms with E-state index < -0.39 is 29.7 Å². The highest BCUT2D eigenvalue weighted by molar-refractivity contribution is 6.33. The molecule has 4 aromatic rings. The number of anilines is 4. The van der Waals surface area contributed by atoms with Crippen LogP contribution in [-0.4, -0.2) is 99.9 Å². The number of pyridine rings is 1. The van der Waals surface area contributed by atoms with Crippen LogP contribution in [0, 0.1) is 5.41 Å². The van der Waals surface area contributed by atoms with Crippen LogP contribution in [0.15, 0.2) is 53.5 Å². The van der Waals surface area contributed by atoms with E-state index in [0.717, 1.165) is 73.4 Å². The first-order chi connectivity index (χ1) is 28.9. The maximum atomic E-state index is 13.3. The largest absolute Gasteiger partial charge is 0.480 e. The van der Waals surface area contributed by atoms with E-state index in [1.807, 2.05) is 31.2 Å². The van der Waals surface area contributed by atoms with Crippen molar-refractivity contribution in [1.82, 2.24) is 24.8 Å². The van der Waals surface area contributed by atoms with Crippen LogP contribution in [0.2, 0.25) is 5.02 Å². The fraction of sp³-hybridized carbons (Fsp3) is 0.442. The van der Waals surface area contributed by atoms with E-state index in [1.165, 1.54) is 0 Å². The zero-order chi connectivity index (χ0) is 41.9. The van der Waals surface area contributed by atoms with Crippen molar-refractivity contribution in [2.45, 2.75) is 83.6 Å². The summed E-state index contributed by atoms with van der Waals surface area (Å²) in [6, 6.07) is 11.6. The molecule has 4 amide bonds. The van der Waals surface area contributed by atoms with Gasteiger partial charge in [0.25, 0.3) is 17.4 Å². The van der Waals surface area contributed by atoms with Gasteiger partial charge in [0.15, 0.2) is 17.4 Å². The van der Waals surface area contributed by atoms with Gasteiger partial charge in [-0.25, -0.2) is 4.98 Å². The topological polar surface area (TPSA) is 185 Å². The summed E-state index contributed by atoms with van der Waals surface area (Å²) in [6.45, 7) is 7.05. The van der Waals surface area contributed by atoms with Crippen LogP contribution in [0.1, 0.15) is 79.5 Å². The van der Waals surface area contributed by atoms with Crippen LogP contribution < -0.4 is 30.7 Å². The molecule has 312 valence electrons. The molecule has 60 heavy (non-hydrogen) atoms. The number of aryl methyl sites for hydroxylation is 1. The first kappa shape index (κ1) is 39.6. The number of fused-ring (bicyclic) bond motifs is 2. The fourth-order valence-electron chi connectivity index (χ4n) is 9.18. The summed E-state index contributed by atoms with van der Waals surface area (Å²) in [6.07, 6.45) is 6.03. The van der Waals surface area contributed by atoms with Gasteiger partial charge in [-0.1, -0.05) is 18.5 Å². The Hall–Kier alpha value is -5.87. The molecule has 1 aliphatic carbocycles. The predicted molar refractivity (Wildman–Crippen MR) is 222 cm³/mol. The molecule has 5 aliphatic rings. The van der Waals surface area contributed by atoms with Crippen molar-refractivity contribution >= 4 is 75.1 Å². The minimum Gasteiger partial charge on any atom is -0.480 e. The summed E-state index contributed by atoms with van der Waals surface area (Å²) in [4.78, 5) is 90.0. The number of Topliss-reactive ketones (excluding diaryl/α,β-unsaturated/α-hetero) is 1. The average Bonchev–Trinajstić information content (AvgIpc) is 3.46. The highest BCUT2D eigenvalue weighted by Gasteiger charge is 2.54. The van der Waals surface area contributed by atoms with E-state index in [1.54, 1.807) is 35.9 Å². The van der Waals surface area contributed by atoms with E-state index >= 15 is 0 Å². The summed E-state index contributed by atoms with van der Waals surface area (Å²) in [5.41, 5.74) is 2.77. The summed E-state index contributed by atoms with van der Waals surface area (Å²) < 4.78 is 13.8. The van der Waals surface area contributed by atoms with Gasteiger partial charge in [0.1, 0.15) is 17.7 Å². The summed E-state index contributed by atoms with van der Waals surface area (Å²) in [7, 11) is 0. The Morgan fingerprint density at radius 2 is 1.70 bits per heavy atom. The van der Waals surface area contributed by atoms with Crippen molar-refractivity contribution in [3.63, 3.8) is 0 Å². The molecule has 2 aromatic heterocycles. The van der Waals surface area contributed by atoms with Crippen LogP contribution >= 0.6 is 11.6 Å². The number of ether oxygens (including phenoxy) is 2. The first-order valence-electron chi connectivity index (χ1n) is 20.5. The van der Waals surface area contributed by atoms with Crippen LogP contribution in [0.5, 0.6) is 5.75 Å². The summed E-state index contributed by atoms with van der Waals surface area (Å²) in [5, 5.41) is 6.67. The van der Waals surface area contributed by atoms with Gasteiger partial charge in [-0.3, -0.25) is 39.0 Å². The number of imide groups is 2. The molecule has 1 spiro atoms. The highest BCUT2D eigenvalue weighted by Crippen LogP contribution is 2.51. The maximum absolute atomic E-state index is 13.3. The van der Waals surface area contributed by atoms with E-state index in [9.17, 15) is 28.8 Å². The summed E-state index contributed by atoms with van der Waals surface area (Å²) in [5.74, 6) is -0.965. The number of carbonyl (C=O) groups is 5. The molecular weight excluding hydrogens is 792 g/mol. The molecule has 4 fully saturated rings. The first-order valence-corrected chi connectivity index (χ1v) is 20.9. The van der Waals surface area contributed by atoms with Crippen LogP contribution in [0.25, 0.3) is 10.9 Å². The van der Waals surface area contributed by atoms with Crippen molar-refractivity contribution in [3.8, 4) is 5.75 Å². The standard InChI is InChI=1S/C43H45ClN8O8/c1-3-27(53)21-59-35-16-24-15-25(5-8-33(24)51(4-2)41(35)58)46-37-32(44)20-45-42(48-37)49-13-11-28(12-14-49)60-29-18-43(19-29)22-50(23-43)26-6-7-30-31(17-26)40(57)52(39(30)56)34-9-10-36(54)47-38(34)55/h5-8,15-17,20,28-29,34H,3-4,9-14,18-19,21-23H2,1-2H3,(H,45,46,48)(H,47,54,55). The number of piperidine rings is 2. The Morgan fingerprint density at radius 1 is 0.933 bits per heavy atom. The van der Waals surface area contributed by atoms with E-state index in [0.29, 0.717) is 41.0 Å². The van der Waals surface area contributed by atoms with Crippen molar-refractivity contribution in [3.05, 3.63) is 75.2 Å². The molecule has 0 bridgehead atoms. The third-order valence-corrected chi connectivity index (χ3v) is 12.7. The highest BCUT2D eigenvalue weighted by atomic mass is 35.5. The Labute approximate surface area is 350 Å². The molecule has 3 saturated heterocycles. The van der Waals surface area contributed by atoms with Gasteiger partial charge < -0.3 is 29.2 Å². The number of aromatic nitrogens is 3. The molecule has 6 heterocycles. The molecule has 1 saturated carbocycles. The molecule has 1 atom stereocenters. The molecule has 2 N–H and O–H groups in total. The van der Waals surface area contributed by atoms with Crippen LogP contribution in [0.3, 0.4) is 0 Å². The van der Waals surface area contributed by atoms with Gasteiger partial charge in [-0.15, -0.1) is 0 Å². The molecule has 1 unspecified atom stereocenters. The third-order valence-electron chi connectivity index (χ3n) is 12.4. The second-order valence-corrected chi connectivity index (χ2v) is 16.8. The van der Waals surface area contributed by atoms with E-state index in [4.69, 9.17) is 26.1 Å². The third kappa shape index (κ3) is 7.25. The monoisotopic (exact) mass is 836 g/mol. The van der Waals surface area contributed by atoms with Gasteiger partial charge in [-0.2, -0.15) is 4.98 Å². The Balaban J connectivity index is 0.766. The number of nitrogens with zero attached hydrogens (tertiary/aromatic N) is 6. The number of amides is 4. The van der Waals surface area contributed by atoms with Crippen LogP contribution in [-0.2, 0) is 25.7 Å². The second kappa shape index (κ2) is 15.6. The van der Waals surface area contributed by atoms with Crippen molar-refractivity contribution in [2.75, 3.05) is 47.9 Å². The number of nitrogens with one attached hydrogen (secondary N) is 2. The van der Waals surface area contributed by atoms with Gasteiger partial charge in [0, 0.05) is 67.7 Å². The lowest BCUT2D eigenvalue weighted by molar-refractivity contribution is -0.136. The van der Waals surface area contributed by atoms with E-state index in [2.05, 4.69) is 25.4 Å². The summed E-state index contributed by atoms with van der Waals surface area (Å²) >= 11 is 6.57. The molecule has 16 nitrogen and oxygen atoms in total. The van der Waals surface area contributed by atoms with Gasteiger partial charge in [0.2, 0.25) is 17.8 Å². The van der Waals surface area contributed by atoms with Crippen LogP contribution in [0.4, 0.5) is 23.1 Å². The fourth-order valence-corrected chi connectivity index (χ4v) is 9.32. The Bertz CT molecular complexity index is 2500. The Kier molecular flexibility index (Phi) is 10.3. The number of carbonyl (C=O) groups excluding carboxylic acids is 5. The lowest BCUT2D eigenvalue weighted by Crippen LogP contribution is -2.64. The molecule has 0 radical (unpaired) electrons. The van der Waals surface area contributed by atoms with Gasteiger partial charge in [-0.05, 0) is 81.5 Å². The molecule has 17 heteroatoms. The maximum Gasteiger partial charge on any atom is 0.293 e. The molecule has 2 aromatic carbocycles. The predicted octanol–water partition coefficient (Wildman–Crippen LogP) is 4.62. The lowest BCUT2D eigenvalue weighted by atomic mass is 9.61. The number of hydrogen-bond donors (Lipinski definition) is 2. The van der Waals surface area contributed by atoms with Gasteiger partial charge in [0.05, 0.1) is 35.0 Å². The second-order valence-electron chi connectivity index (χ2n) is 16.4. The number of benzene rings is 2. The van der Waals surface area contributed by atoms with Crippen molar-refractivity contribution in [1.29, 1.82) is 0 Å². The Morgan fingerprint density at radius 3 is 2.43 bits per heavy atom. The number of hydrogen-bond acceptors (Lipinski definition) is 13. The zero-order valence-corrected chi connectivity index (χ0v) is 34.1. The quantitative estimate of drug-likeness (QED) is 0.189. The van der Waals surface area contributed by atoms with Gasteiger partial charge >= 0.3 is 0 Å². The molecule has 9 rings (SSSR count). The zero-order valence-electron chi connectivity index (χ0n) is 33.4. The number of rotatable bonds is 12. The molecule has 4 aliphatic heterocycles. The molecular formula is C43H45ClN8O8. The smallest absolute Gasteiger partial charge is 0.293 e. The normalized spacial score (nSPS) is 20.3. The minimum atomic E-state index is -0.985. The number of halogens is 1. The average molecular weight is 837 g/mol. The van der Waals surface area contributed by atoms with E-state index in [-0.39, 0.29) is 59.7 Å². The number of ketones is 1. The van der Waals surface area contributed by atoms with Crippen molar-refractivity contribution < 1.29 is 33.4 Å². The van der Waals surface area contributed by atoms with Crippen molar-refractivity contribution in [2.24, 2.45) is 5.41 Å². The lowest BCUT2D eigenvalue weighted by Gasteiger charge is -2.60. The SMILES string of the molecule is CCC(=O)COc1cc2cc(Nc3nc(N4CCC(OC5CC6(C5)CN(c5ccc7c(c5)C(=O)N(C5CCC(=O)NC5=O)C7=O)C6)CC4)ncc3Cl)ccc2n(CC)c1=O. The minimum absolute atomic E-state index is 0.0817.